The number of ether oxygens (including phenoxy) is 4. The van der Waals surface area contributed by atoms with Crippen molar-refractivity contribution in [2.24, 2.45) is 0 Å². The van der Waals surface area contributed by atoms with Gasteiger partial charge in [-0.05, 0) is 42.2 Å². The molecule has 0 radical (unpaired) electrons. The maximum atomic E-state index is 12.3. The van der Waals surface area contributed by atoms with Gasteiger partial charge in [0.05, 0.1) is 27.1 Å². The fourth-order valence-electron chi connectivity index (χ4n) is 3.07. The first-order chi connectivity index (χ1) is 13.1. The minimum absolute atomic E-state index is 0.0597. The molecule has 0 spiro atoms. The fourth-order valence-corrected chi connectivity index (χ4v) is 3.07. The van der Waals surface area contributed by atoms with Crippen LogP contribution in [0.3, 0.4) is 0 Å². The maximum Gasteiger partial charge on any atom is 0.169 e. The van der Waals surface area contributed by atoms with E-state index in [1.165, 1.54) is 0 Å². The molecule has 0 aliphatic carbocycles. The fraction of sp³-hybridized carbons (Fsp3) is 0.318. The lowest BCUT2D eigenvalue weighted by molar-refractivity contribution is -0.114. The van der Waals surface area contributed by atoms with Crippen molar-refractivity contribution in [1.29, 1.82) is 0 Å². The molecule has 5 heteroatoms. The summed E-state index contributed by atoms with van der Waals surface area (Å²) in [4.78, 5) is 12.3. The molecular formula is C22H24O5. The summed E-state index contributed by atoms with van der Waals surface area (Å²) in [6.07, 6.45) is 3.96. The molecule has 27 heavy (non-hydrogen) atoms. The highest BCUT2D eigenvalue weighted by Gasteiger charge is 2.15. The molecule has 2 aromatic carbocycles. The van der Waals surface area contributed by atoms with E-state index in [1.807, 2.05) is 36.4 Å². The van der Waals surface area contributed by atoms with E-state index >= 15 is 0 Å². The summed E-state index contributed by atoms with van der Waals surface area (Å²) in [6, 6.07) is 11.5. The SMILES string of the molecule is CO/C1=C/C(=O)CCc2ccc(cc2)Oc2cc(c(OC)cc2OC)CC1. The Morgan fingerprint density at radius 2 is 1.56 bits per heavy atom. The average Bonchev–Trinajstić information content (AvgIpc) is 2.70. The summed E-state index contributed by atoms with van der Waals surface area (Å²) < 4.78 is 22.4. The molecule has 0 atom stereocenters. The van der Waals surface area contributed by atoms with Crippen LogP contribution in [-0.2, 0) is 22.4 Å². The van der Waals surface area contributed by atoms with Crippen LogP contribution in [0, 0.1) is 0 Å². The highest BCUT2D eigenvalue weighted by molar-refractivity contribution is 5.90. The zero-order valence-electron chi connectivity index (χ0n) is 15.9. The molecular weight excluding hydrogens is 344 g/mol. The van der Waals surface area contributed by atoms with Crippen LogP contribution in [-0.4, -0.2) is 27.1 Å². The molecule has 2 heterocycles. The minimum Gasteiger partial charge on any atom is -0.501 e. The summed E-state index contributed by atoms with van der Waals surface area (Å²) in [6.45, 7) is 0. The Morgan fingerprint density at radius 3 is 2.22 bits per heavy atom. The van der Waals surface area contributed by atoms with E-state index in [4.69, 9.17) is 18.9 Å². The molecule has 0 N–H and O–H groups in total. The van der Waals surface area contributed by atoms with Gasteiger partial charge in [-0.2, -0.15) is 0 Å². The molecule has 0 saturated carbocycles. The van der Waals surface area contributed by atoms with E-state index in [-0.39, 0.29) is 5.78 Å². The van der Waals surface area contributed by atoms with Gasteiger partial charge in [-0.15, -0.1) is 0 Å². The first-order valence-electron chi connectivity index (χ1n) is 8.92. The molecule has 5 nitrogen and oxygen atoms in total. The molecule has 0 aromatic heterocycles. The van der Waals surface area contributed by atoms with Gasteiger partial charge >= 0.3 is 0 Å². The Kier molecular flexibility index (Phi) is 6.01. The Labute approximate surface area is 159 Å². The lowest BCUT2D eigenvalue weighted by Gasteiger charge is -2.16. The number of allylic oxidation sites excluding steroid dienone is 2. The van der Waals surface area contributed by atoms with Gasteiger partial charge in [0.25, 0.3) is 0 Å². The third-order valence-corrected chi connectivity index (χ3v) is 4.60. The molecule has 0 fully saturated rings. The van der Waals surface area contributed by atoms with Gasteiger partial charge in [0.1, 0.15) is 11.5 Å². The molecule has 4 rings (SSSR count). The predicted molar refractivity (Wildman–Crippen MR) is 103 cm³/mol. The second-order valence-corrected chi connectivity index (χ2v) is 6.34. The van der Waals surface area contributed by atoms with E-state index < -0.39 is 0 Å². The van der Waals surface area contributed by atoms with E-state index in [0.29, 0.717) is 54.4 Å². The Bertz CT molecular complexity index is 837. The molecule has 0 amide bonds. The van der Waals surface area contributed by atoms with E-state index in [1.54, 1.807) is 27.4 Å². The van der Waals surface area contributed by atoms with Crippen molar-refractivity contribution >= 4 is 5.78 Å². The standard InChI is InChI=1S/C22H24O5/c1-24-19-11-7-16-12-22(21(26-3)14-20(16)25-2)27-18-9-5-15(6-10-18)4-8-17(23)13-19/h5-6,9-10,12-14H,4,7-8,11H2,1-3H3/b19-13+. The zero-order valence-corrected chi connectivity index (χ0v) is 15.9. The van der Waals surface area contributed by atoms with E-state index in [0.717, 1.165) is 11.1 Å². The summed E-state index contributed by atoms with van der Waals surface area (Å²) in [5.74, 6) is 3.36. The van der Waals surface area contributed by atoms with Crippen LogP contribution in [0.2, 0.25) is 0 Å². The van der Waals surface area contributed by atoms with E-state index in [2.05, 4.69) is 0 Å². The second kappa shape index (κ2) is 8.62. The van der Waals surface area contributed by atoms with Crippen molar-refractivity contribution in [3.63, 3.8) is 0 Å². The smallest absolute Gasteiger partial charge is 0.169 e. The lowest BCUT2D eigenvalue weighted by atomic mass is 10.0. The van der Waals surface area contributed by atoms with Gasteiger partial charge < -0.3 is 18.9 Å². The third-order valence-electron chi connectivity index (χ3n) is 4.60. The normalized spacial score (nSPS) is 16.4. The highest BCUT2D eigenvalue weighted by atomic mass is 16.5. The quantitative estimate of drug-likeness (QED) is 0.800. The molecule has 2 aromatic rings. The van der Waals surface area contributed by atoms with Crippen molar-refractivity contribution in [2.75, 3.05) is 21.3 Å². The Balaban J connectivity index is 2.05. The van der Waals surface area contributed by atoms with E-state index in [9.17, 15) is 4.79 Å². The number of hydrogen-bond donors (Lipinski definition) is 0. The van der Waals surface area contributed by atoms with Crippen LogP contribution in [0.1, 0.15) is 24.0 Å². The van der Waals surface area contributed by atoms with Crippen LogP contribution in [0.4, 0.5) is 0 Å². The molecule has 4 bridgehead atoms. The molecule has 142 valence electrons. The van der Waals surface area contributed by atoms with Crippen molar-refractivity contribution < 1.29 is 23.7 Å². The third kappa shape index (κ3) is 4.61. The monoisotopic (exact) mass is 368 g/mol. The van der Waals surface area contributed by atoms with Crippen molar-refractivity contribution in [2.45, 2.75) is 25.7 Å². The number of carbonyl (C=O) groups excluding carboxylic acids is 1. The lowest BCUT2D eigenvalue weighted by Crippen LogP contribution is -2.01. The first-order valence-corrected chi connectivity index (χ1v) is 8.92. The van der Waals surface area contributed by atoms with Gasteiger partial charge in [-0.25, -0.2) is 0 Å². The Morgan fingerprint density at radius 1 is 0.815 bits per heavy atom. The number of fused-ring (bicyclic) bond motifs is 7. The van der Waals surface area contributed by atoms with Gasteiger partial charge in [0, 0.05) is 25.0 Å². The number of benzene rings is 2. The molecule has 0 saturated heterocycles. The number of hydrogen-bond acceptors (Lipinski definition) is 5. The molecule has 2 aliphatic rings. The highest BCUT2D eigenvalue weighted by Crippen LogP contribution is 2.38. The summed E-state index contributed by atoms with van der Waals surface area (Å²) in [5.41, 5.74) is 2.04. The second-order valence-electron chi connectivity index (χ2n) is 6.34. The van der Waals surface area contributed by atoms with Crippen LogP contribution >= 0.6 is 0 Å². The number of ketones is 1. The largest absolute Gasteiger partial charge is 0.501 e. The number of carbonyl (C=O) groups is 1. The van der Waals surface area contributed by atoms with Crippen LogP contribution in [0.15, 0.2) is 48.2 Å². The molecule has 2 aliphatic heterocycles. The van der Waals surface area contributed by atoms with Gasteiger partial charge in [-0.1, -0.05) is 12.1 Å². The van der Waals surface area contributed by atoms with Crippen LogP contribution in [0.5, 0.6) is 23.0 Å². The predicted octanol–water partition coefficient (Wildman–Crippen LogP) is 4.47. The topological polar surface area (TPSA) is 54.0 Å². The Hall–Kier alpha value is -2.95. The number of rotatable bonds is 3. The van der Waals surface area contributed by atoms with Crippen LogP contribution < -0.4 is 14.2 Å². The maximum absolute atomic E-state index is 12.3. The van der Waals surface area contributed by atoms with Crippen molar-refractivity contribution in [1.82, 2.24) is 0 Å². The first kappa shape index (κ1) is 18.8. The van der Waals surface area contributed by atoms with Crippen molar-refractivity contribution in [3.8, 4) is 23.0 Å². The zero-order chi connectivity index (χ0) is 19.2. The summed E-state index contributed by atoms with van der Waals surface area (Å²) in [5, 5.41) is 0. The van der Waals surface area contributed by atoms with Gasteiger partial charge in [0.2, 0.25) is 0 Å². The number of methoxy groups -OCH3 is 3. The van der Waals surface area contributed by atoms with Crippen molar-refractivity contribution in [3.05, 3.63) is 59.4 Å². The number of aryl methyl sites for hydroxylation is 2. The summed E-state index contributed by atoms with van der Waals surface area (Å²) in [7, 11) is 4.81. The van der Waals surface area contributed by atoms with Gasteiger partial charge in [-0.3, -0.25) is 4.79 Å². The molecule has 0 unspecified atom stereocenters. The van der Waals surface area contributed by atoms with Crippen LogP contribution in [0.25, 0.3) is 0 Å². The van der Waals surface area contributed by atoms with Gasteiger partial charge in [0.15, 0.2) is 17.3 Å². The summed E-state index contributed by atoms with van der Waals surface area (Å²) >= 11 is 0. The average molecular weight is 368 g/mol. The minimum atomic E-state index is 0.0597.